The normalized spacial score (nSPS) is 11.5. The van der Waals surface area contributed by atoms with Crippen LogP contribution in [0.4, 0.5) is 0 Å². The summed E-state index contributed by atoms with van der Waals surface area (Å²) in [5, 5.41) is 0.972. The molecule has 0 atom stereocenters. The minimum atomic E-state index is -0.425. The Balaban J connectivity index is 1.63. The number of allylic oxidation sites excluding steroid dienone is 3. The van der Waals surface area contributed by atoms with Gasteiger partial charge in [0.1, 0.15) is 5.52 Å². The number of oxazole rings is 1. The van der Waals surface area contributed by atoms with Gasteiger partial charge in [-0.25, -0.2) is 9.78 Å². The number of ether oxygens (including phenoxy) is 1. The lowest BCUT2D eigenvalue weighted by atomic mass is 10.2. The van der Waals surface area contributed by atoms with Crippen molar-refractivity contribution in [2.75, 3.05) is 13.2 Å². The Morgan fingerprint density at radius 3 is 2.72 bits per heavy atom. The number of hydrogen-bond donors (Lipinski definition) is 0. The van der Waals surface area contributed by atoms with E-state index in [1.807, 2.05) is 0 Å². The fourth-order valence-corrected chi connectivity index (χ4v) is 3.05. The van der Waals surface area contributed by atoms with Crippen LogP contribution in [-0.4, -0.2) is 30.3 Å². The Morgan fingerprint density at radius 1 is 1.17 bits per heavy atom. The average molecular weight is 429 g/mol. The second kappa shape index (κ2) is 10.0. The first-order valence-corrected chi connectivity index (χ1v) is 9.64. The number of nitrogens with zero attached hydrogens (tertiary/aromatic N) is 2. The van der Waals surface area contributed by atoms with Gasteiger partial charge < -0.3 is 9.15 Å². The molecular formula is C22H18Cl2N2O3. The zero-order valence-corrected chi connectivity index (χ0v) is 17.0. The van der Waals surface area contributed by atoms with Crippen LogP contribution in [0.1, 0.15) is 16.8 Å². The largest absolute Gasteiger partial charge is 0.462 e. The van der Waals surface area contributed by atoms with E-state index in [0.29, 0.717) is 51.1 Å². The van der Waals surface area contributed by atoms with E-state index in [9.17, 15) is 4.79 Å². The first kappa shape index (κ1) is 20.8. The molecule has 0 saturated heterocycles. The van der Waals surface area contributed by atoms with Gasteiger partial charge >= 0.3 is 5.97 Å². The van der Waals surface area contributed by atoms with E-state index in [1.165, 1.54) is 0 Å². The van der Waals surface area contributed by atoms with Gasteiger partial charge in [-0.1, -0.05) is 41.9 Å². The Kier molecular flexibility index (Phi) is 7.22. The Morgan fingerprint density at radius 2 is 1.97 bits per heavy atom. The summed E-state index contributed by atoms with van der Waals surface area (Å²) >= 11 is 12.1. The lowest BCUT2D eigenvalue weighted by Gasteiger charge is -2.03. The molecule has 0 aliphatic rings. The van der Waals surface area contributed by atoms with E-state index in [4.69, 9.17) is 32.4 Å². The number of carbonyl (C=O) groups excluding carboxylic acids is 1. The highest BCUT2D eigenvalue weighted by molar-refractivity contribution is 6.35. The van der Waals surface area contributed by atoms with Crippen LogP contribution in [0.25, 0.3) is 22.6 Å². The van der Waals surface area contributed by atoms with Crippen LogP contribution in [0.3, 0.4) is 0 Å². The third-order valence-corrected chi connectivity index (χ3v) is 4.27. The summed E-state index contributed by atoms with van der Waals surface area (Å²) in [5.74, 6) is -0.0514. The predicted molar refractivity (Wildman–Crippen MR) is 117 cm³/mol. The molecule has 0 saturated carbocycles. The molecule has 0 bridgehead atoms. The fraction of sp³-hybridized carbons (Fsp3) is 0.136. The second-order valence-electron chi connectivity index (χ2n) is 6.02. The van der Waals surface area contributed by atoms with Crippen LogP contribution < -0.4 is 0 Å². The lowest BCUT2D eigenvalue weighted by Crippen LogP contribution is -2.07. The number of carbonyl (C=O) groups is 1. The van der Waals surface area contributed by atoms with Crippen LogP contribution >= 0.6 is 23.2 Å². The number of fused-ring (bicyclic) bond motifs is 1. The quantitative estimate of drug-likeness (QED) is 0.186. The average Bonchev–Trinajstić information content (AvgIpc) is 3.12. The topological polar surface area (TPSA) is 64.7 Å². The van der Waals surface area contributed by atoms with Crippen molar-refractivity contribution in [1.29, 1.82) is 0 Å². The number of benzene rings is 2. The molecule has 0 N–H and O–H groups in total. The summed E-state index contributed by atoms with van der Waals surface area (Å²) in [6, 6.07) is 10.0. The molecule has 2 aromatic carbocycles. The van der Waals surface area contributed by atoms with Gasteiger partial charge in [0.15, 0.2) is 5.58 Å². The number of hydrogen-bond acceptors (Lipinski definition) is 5. The van der Waals surface area contributed by atoms with Crippen molar-refractivity contribution < 1.29 is 13.9 Å². The van der Waals surface area contributed by atoms with E-state index < -0.39 is 5.97 Å². The van der Waals surface area contributed by atoms with Gasteiger partial charge in [0.05, 0.1) is 12.2 Å². The van der Waals surface area contributed by atoms with Crippen molar-refractivity contribution in [1.82, 2.24) is 4.98 Å². The van der Waals surface area contributed by atoms with Crippen molar-refractivity contribution in [3.63, 3.8) is 0 Å². The molecule has 0 radical (unpaired) electrons. The third kappa shape index (κ3) is 5.79. The highest BCUT2D eigenvalue weighted by Crippen LogP contribution is 2.29. The second-order valence-corrected chi connectivity index (χ2v) is 6.90. The molecule has 1 aromatic heterocycles. The maximum atomic E-state index is 12.2. The maximum absolute atomic E-state index is 12.2. The standard InChI is InChI=1S/C22H18Cl2N2O3/c1-2-3-4-8-25-9-5-10-28-22(27)15-6-7-19-20(13-15)29-21(26-19)16-11-17(23)14-18(24)12-16/h2-4,6-8,11-14H,1,5,9-10H2/b4-3-,25-8+. The first-order chi connectivity index (χ1) is 14.1. The molecule has 148 valence electrons. The van der Waals surface area contributed by atoms with Gasteiger partial charge in [0, 0.05) is 34.8 Å². The zero-order chi connectivity index (χ0) is 20.6. The van der Waals surface area contributed by atoms with Gasteiger partial charge in [-0.15, -0.1) is 0 Å². The number of aromatic nitrogens is 1. The summed E-state index contributed by atoms with van der Waals surface area (Å²) in [7, 11) is 0. The summed E-state index contributed by atoms with van der Waals surface area (Å²) in [5.41, 5.74) is 2.15. The Bertz CT molecular complexity index is 1070. The molecule has 29 heavy (non-hydrogen) atoms. The number of aliphatic imine (C=N–C) groups is 1. The van der Waals surface area contributed by atoms with Gasteiger partial charge in [-0.3, -0.25) is 4.99 Å². The molecule has 0 fully saturated rings. The van der Waals surface area contributed by atoms with Crippen molar-refractivity contribution in [2.24, 2.45) is 4.99 Å². The summed E-state index contributed by atoms with van der Waals surface area (Å²) < 4.78 is 11.1. The van der Waals surface area contributed by atoms with Crippen LogP contribution in [0.2, 0.25) is 10.0 Å². The molecule has 0 amide bonds. The molecule has 3 rings (SSSR count). The molecular weight excluding hydrogens is 411 g/mol. The highest BCUT2D eigenvalue weighted by Gasteiger charge is 2.13. The minimum Gasteiger partial charge on any atom is -0.462 e. The van der Waals surface area contributed by atoms with E-state index in [0.717, 1.165) is 0 Å². The van der Waals surface area contributed by atoms with E-state index >= 15 is 0 Å². The fourth-order valence-electron chi connectivity index (χ4n) is 2.52. The SMILES string of the molecule is C=C/C=C\C=N\CCCOC(=O)c1ccc2nc(-c3cc(Cl)cc(Cl)c3)oc2c1. The van der Waals surface area contributed by atoms with Gasteiger partial charge in [-0.2, -0.15) is 0 Å². The number of rotatable bonds is 8. The highest BCUT2D eigenvalue weighted by atomic mass is 35.5. The molecule has 0 spiro atoms. The Hall–Kier alpha value is -2.89. The number of halogens is 2. The first-order valence-electron chi connectivity index (χ1n) is 8.88. The summed E-state index contributed by atoms with van der Waals surface area (Å²) in [6.45, 7) is 4.42. The van der Waals surface area contributed by atoms with Crippen LogP contribution in [0.5, 0.6) is 0 Å². The molecule has 1 heterocycles. The minimum absolute atomic E-state index is 0.280. The predicted octanol–water partition coefficient (Wildman–Crippen LogP) is 6.16. The smallest absolute Gasteiger partial charge is 0.338 e. The van der Waals surface area contributed by atoms with E-state index in [2.05, 4.69) is 16.6 Å². The van der Waals surface area contributed by atoms with Gasteiger partial charge in [0.25, 0.3) is 0 Å². The zero-order valence-electron chi connectivity index (χ0n) is 15.5. The summed E-state index contributed by atoms with van der Waals surface area (Å²) in [6.07, 6.45) is 7.57. The Labute approximate surface area is 178 Å². The van der Waals surface area contributed by atoms with Crippen molar-refractivity contribution in [3.8, 4) is 11.5 Å². The molecule has 0 aliphatic heterocycles. The van der Waals surface area contributed by atoms with Gasteiger partial charge in [0.2, 0.25) is 5.89 Å². The van der Waals surface area contributed by atoms with Crippen molar-refractivity contribution >= 4 is 46.5 Å². The number of esters is 1. The summed E-state index contributed by atoms with van der Waals surface area (Å²) in [4.78, 5) is 20.8. The molecule has 0 aliphatic carbocycles. The molecule has 0 unspecified atom stereocenters. The van der Waals surface area contributed by atoms with Crippen LogP contribution in [-0.2, 0) is 4.74 Å². The molecule has 3 aromatic rings. The van der Waals surface area contributed by atoms with Crippen molar-refractivity contribution in [2.45, 2.75) is 6.42 Å². The van der Waals surface area contributed by atoms with Crippen LogP contribution in [0.15, 0.2) is 70.6 Å². The van der Waals surface area contributed by atoms with E-state index in [-0.39, 0.29) is 6.61 Å². The van der Waals surface area contributed by atoms with Crippen molar-refractivity contribution in [3.05, 3.63) is 76.8 Å². The third-order valence-electron chi connectivity index (χ3n) is 3.84. The van der Waals surface area contributed by atoms with Crippen LogP contribution in [0, 0.1) is 0 Å². The molecule has 5 nitrogen and oxygen atoms in total. The molecule has 7 heteroatoms. The monoisotopic (exact) mass is 428 g/mol. The maximum Gasteiger partial charge on any atom is 0.338 e. The van der Waals surface area contributed by atoms with E-state index in [1.54, 1.807) is 60.8 Å². The lowest BCUT2D eigenvalue weighted by molar-refractivity contribution is 0.0503. The van der Waals surface area contributed by atoms with Gasteiger partial charge in [-0.05, 0) is 42.5 Å².